The number of hydrogen-bond donors (Lipinski definition) is 2. The molecule has 5 nitrogen and oxygen atoms in total. The van der Waals surface area contributed by atoms with Crippen molar-refractivity contribution >= 4 is 11.0 Å². The van der Waals surface area contributed by atoms with Crippen molar-refractivity contribution in [1.29, 1.82) is 0 Å². The van der Waals surface area contributed by atoms with Gasteiger partial charge < -0.3 is 24.4 Å². The van der Waals surface area contributed by atoms with E-state index in [0.29, 0.717) is 39.6 Å². The van der Waals surface area contributed by atoms with Gasteiger partial charge >= 0.3 is 0 Å². The summed E-state index contributed by atoms with van der Waals surface area (Å²) in [5.41, 5.74) is 0. The summed E-state index contributed by atoms with van der Waals surface area (Å²) in [7, 11) is 0. The Morgan fingerprint density at radius 3 is 1.14 bits per heavy atom. The number of rotatable bonds is 10. The zero-order valence-corrected chi connectivity index (χ0v) is 9.28. The predicted molar refractivity (Wildman–Crippen MR) is 52.4 cm³/mol. The Labute approximate surface area is 89.0 Å². The molecule has 0 aromatic rings. The maximum absolute atomic E-state index is 8.36. The van der Waals surface area contributed by atoms with Gasteiger partial charge in [0, 0.05) is 11.0 Å². The normalized spacial score (nSPS) is 9.86. The lowest BCUT2D eigenvalue weighted by Gasteiger charge is -2.04. The van der Waals surface area contributed by atoms with Gasteiger partial charge in [-0.25, -0.2) is 0 Å². The van der Waals surface area contributed by atoms with Crippen LogP contribution in [0, 0.1) is 0 Å². The van der Waals surface area contributed by atoms with Crippen LogP contribution in [-0.4, -0.2) is 74.0 Å². The summed E-state index contributed by atoms with van der Waals surface area (Å²) in [6.07, 6.45) is 0. The van der Waals surface area contributed by atoms with Crippen LogP contribution >= 0.6 is 0 Å². The van der Waals surface area contributed by atoms with Gasteiger partial charge in [-0.15, -0.1) is 0 Å². The van der Waals surface area contributed by atoms with Crippen molar-refractivity contribution in [1.82, 2.24) is 0 Å². The molecule has 0 heterocycles. The van der Waals surface area contributed by atoms with Crippen LogP contribution < -0.4 is 0 Å². The molecule has 0 bridgehead atoms. The van der Waals surface area contributed by atoms with Crippen molar-refractivity contribution < 1.29 is 24.4 Å². The Kier molecular flexibility index (Phi) is 18.2. The lowest BCUT2D eigenvalue weighted by Crippen LogP contribution is -2.11. The Morgan fingerprint density at radius 2 is 0.857 bits per heavy atom. The van der Waals surface area contributed by atoms with Crippen LogP contribution in [0.25, 0.3) is 0 Å². The van der Waals surface area contributed by atoms with Crippen LogP contribution in [0.15, 0.2) is 0 Å². The Hall–Kier alpha value is 0.0169. The molecule has 0 aromatic heterocycles. The third kappa shape index (κ3) is 14.5. The van der Waals surface area contributed by atoms with E-state index in [1.807, 2.05) is 0 Å². The molecule has 6 heteroatoms. The highest BCUT2D eigenvalue weighted by atomic mass is 28.1. The number of aliphatic hydroxyl groups is 2. The predicted octanol–water partition coefficient (Wildman–Crippen LogP) is -1.36. The molecule has 0 amide bonds. The molecular formula is C8H18O5Si. The molecule has 0 saturated carbocycles. The molecule has 0 atom stereocenters. The van der Waals surface area contributed by atoms with Crippen LogP contribution in [0.4, 0.5) is 0 Å². The highest BCUT2D eigenvalue weighted by Gasteiger charge is 1.89. The van der Waals surface area contributed by atoms with E-state index in [0.717, 1.165) is 0 Å². The summed E-state index contributed by atoms with van der Waals surface area (Å²) in [4.78, 5) is 0. The van der Waals surface area contributed by atoms with E-state index in [1.165, 1.54) is 0 Å². The third-order valence-electron chi connectivity index (χ3n) is 1.22. The zero-order chi connectivity index (χ0) is 9.78. The van der Waals surface area contributed by atoms with Crippen LogP contribution in [0.1, 0.15) is 0 Å². The van der Waals surface area contributed by atoms with Gasteiger partial charge in [0.15, 0.2) is 0 Å². The third-order valence-corrected chi connectivity index (χ3v) is 1.22. The van der Waals surface area contributed by atoms with E-state index < -0.39 is 0 Å². The molecule has 0 rings (SSSR count). The lowest BCUT2D eigenvalue weighted by molar-refractivity contribution is 0.00230. The molecule has 0 fully saturated rings. The monoisotopic (exact) mass is 222 g/mol. The zero-order valence-electron chi connectivity index (χ0n) is 8.28. The number of ether oxygens (including phenoxy) is 3. The number of hydrogen-bond acceptors (Lipinski definition) is 5. The second-order valence-electron chi connectivity index (χ2n) is 2.28. The summed E-state index contributed by atoms with van der Waals surface area (Å²) in [5, 5.41) is 16.7. The summed E-state index contributed by atoms with van der Waals surface area (Å²) in [6.45, 7) is 2.76. The van der Waals surface area contributed by atoms with E-state index in [-0.39, 0.29) is 24.2 Å². The maximum atomic E-state index is 8.36. The van der Waals surface area contributed by atoms with E-state index in [1.54, 1.807) is 0 Å². The molecule has 4 radical (unpaired) electrons. The van der Waals surface area contributed by atoms with Gasteiger partial charge in [0.1, 0.15) is 0 Å². The highest BCUT2D eigenvalue weighted by Crippen LogP contribution is 1.80. The van der Waals surface area contributed by atoms with E-state index in [9.17, 15) is 0 Å². The van der Waals surface area contributed by atoms with Gasteiger partial charge in [-0.3, -0.25) is 0 Å². The van der Waals surface area contributed by atoms with Crippen LogP contribution in [-0.2, 0) is 14.2 Å². The topological polar surface area (TPSA) is 68.2 Å². The minimum absolute atomic E-state index is 0. The van der Waals surface area contributed by atoms with Crippen molar-refractivity contribution in [3.05, 3.63) is 0 Å². The van der Waals surface area contributed by atoms with Crippen molar-refractivity contribution in [2.75, 3.05) is 52.9 Å². The fourth-order valence-electron chi connectivity index (χ4n) is 0.671. The Balaban J connectivity index is 0. The first kappa shape index (κ1) is 16.4. The second-order valence-corrected chi connectivity index (χ2v) is 2.28. The molecule has 0 unspecified atom stereocenters. The molecule has 0 aliphatic rings. The van der Waals surface area contributed by atoms with Crippen molar-refractivity contribution in [2.24, 2.45) is 0 Å². The first-order valence-electron chi connectivity index (χ1n) is 4.36. The number of aliphatic hydroxyl groups excluding tert-OH is 2. The van der Waals surface area contributed by atoms with Crippen LogP contribution in [0.2, 0.25) is 0 Å². The van der Waals surface area contributed by atoms with Gasteiger partial charge in [-0.2, -0.15) is 0 Å². The van der Waals surface area contributed by atoms with E-state index in [4.69, 9.17) is 24.4 Å². The highest BCUT2D eigenvalue weighted by molar-refractivity contribution is 5.75. The molecule has 0 aliphatic carbocycles. The van der Waals surface area contributed by atoms with Gasteiger partial charge in [0.05, 0.1) is 52.9 Å². The fourth-order valence-corrected chi connectivity index (χ4v) is 0.671. The minimum atomic E-state index is 0. The van der Waals surface area contributed by atoms with Crippen molar-refractivity contribution in [3.63, 3.8) is 0 Å². The molecule has 2 N–H and O–H groups in total. The molecule has 14 heavy (non-hydrogen) atoms. The molecule has 84 valence electrons. The molecule has 0 saturated heterocycles. The van der Waals surface area contributed by atoms with Crippen LogP contribution in [0.5, 0.6) is 0 Å². The molecule has 0 spiro atoms. The smallest absolute Gasteiger partial charge is 0.0701 e. The van der Waals surface area contributed by atoms with Gasteiger partial charge in [-0.05, 0) is 0 Å². The SMILES string of the molecule is OCCOCCOCCOCCO.[Si]. The van der Waals surface area contributed by atoms with E-state index >= 15 is 0 Å². The van der Waals surface area contributed by atoms with Crippen molar-refractivity contribution in [2.45, 2.75) is 0 Å². The average Bonchev–Trinajstić information content (AvgIpc) is 2.16. The van der Waals surface area contributed by atoms with Crippen LogP contribution in [0.3, 0.4) is 0 Å². The Bertz CT molecular complexity index is 83.8. The van der Waals surface area contributed by atoms with Gasteiger partial charge in [-0.1, -0.05) is 0 Å². The standard InChI is InChI=1S/C8H18O5.Si/c9-1-3-11-5-7-13-8-6-12-4-2-10;/h9-10H,1-8H2;. The summed E-state index contributed by atoms with van der Waals surface area (Å²) < 4.78 is 15.0. The lowest BCUT2D eigenvalue weighted by atomic mass is 10.7. The van der Waals surface area contributed by atoms with Gasteiger partial charge in [0.25, 0.3) is 0 Å². The van der Waals surface area contributed by atoms with Crippen molar-refractivity contribution in [3.8, 4) is 0 Å². The summed E-state index contributed by atoms with van der Waals surface area (Å²) >= 11 is 0. The van der Waals surface area contributed by atoms with Gasteiger partial charge in [0.2, 0.25) is 0 Å². The summed E-state index contributed by atoms with van der Waals surface area (Å²) in [5.74, 6) is 0. The molecule has 0 aliphatic heterocycles. The first-order chi connectivity index (χ1) is 6.41. The van der Waals surface area contributed by atoms with E-state index in [2.05, 4.69) is 0 Å². The largest absolute Gasteiger partial charge is 0.394 e. The molecular weight excluding hydrogens is 204 g/mol. The quantitative estimate of drug-likeness (QED) is 0.353. The summed E-state index contributed by atoms with van der Waals surface area (Å²) in [6, 6.07) is 0. The molecule has 0 aromatic carbocycles. The minimum Gasteiger partial charge on any atom is -0.394 e. The first-order valence-corrected chi connectivity index (χ1v) is 4.36. The fraction of sp³-hybridized carbons (Fsp3) is 1.00. The average molecular weight is 222 g/mol. The maximum Gasteiger partial charge on any atom is 0.0701 e. The second kappa shape index (κ2) is 15.5. The Morgan fingerprint density at radius 1 is 0.571 bits per heavy atom.